The lowest BCUT2D eigenvalue weighted by Gasteiger charge is -2.34. The standard InChI is InChI=1S/C23H25N3O/c27-23(22-17-24-16-19(22)15-18-7-3-1-4-8-18)25-20-11-13-26(14-12-20)21-9-5-2-6-10-21/h1-10,16-17,20,24H,11-15H2,(H,25,27). The lowest BCUT2D eigenvalue weighted by Crippen LogP contribution is -2.44. The number of anilines is 1. The van der Waals surface area contributed by atoms with Crippen LogP contribution in [0.4, 0.5) is 5.69 Å². The zero-order valence-electron chi connectivity index (χ0n) is 15.4. The fourth-order valence-electron chi connectivity index (χ4n) is 3.75. The summed E-state index contributed by atoms with van der Waals surface area (Å²) in [4.78, 5) is 18.3. The molecule has 1 saturated heterocycles. The number of nitrogens with one attached hydrogen (secondary N) is 2. The molecule has 27 heavy (non-hydrogen) atoms. The van der Waals surface area contributed by atoms with Crippen LogP contribution in [-0.2, 0) is 6.42 Å². The normalized spacial score (nSPS) is 14.9. The fourth-order valence-corrected chi connectivity index (χ4v) is 3.75. The highest BCUT2D eigenvalue weighted by Crippen LogP contribution is 2.20. The van der Waals surface area contributed by atoms with E-state index in [1.54, 1.807) is 0 Å². The number of piperidine rings is 1. The second-order valence-electron chi connectivity index (χ2n) is 7.13. The van der Waals surface area contributed by atoms with Crippen LogP contribution in [0.15, 0.2) is 73.1 Å². The maximum atomic E-state index is 12.8. The molecule has 2 aromatic carbocycles. The largest absolute Gasteiger partial charge is 0.371 e. The molecule has 0 unspecified atom stereocenters. The lowest BCUT2D eigenvalue weighted by atomic mass is 10.0. The molecule has 4 nitrogen and oxygen atoms in total. The Kier molecular flexibility index (Phi) is 5.24. The van der Waals surface area contributed by atoms with E-state index in [4.69, 9.17) is 0 Å². The van der Waals surface area contributed by atoms with E-state index >= 15 is 0 Å². The van der Waals surface area contributed by atoms with Gasteiger partial charge in [0.15, 0.2) is 0 Å². The van der Waals surface area contributed by atoms with Crippen LogP contribution in [0.2, 0.25) is 0 Å². The molecule has 1 aliphatic heterocycles. The molecule has 0 bridgehead atoms. The Morgan fingerprint density at radius 2 is 1.63 bits per heavy atom. The van der Waals surface area contributed by atoms with Gasteiger partial charge in [0.05, 0.1) is 5.56 Å². The van der Waals surface area contributed by atoms with Crippen molar-refractivity contribution >= 4 is 11.6 Å². The third-order valence-electron chi connectivity index (χ3n) is 5.26. The maximum Gasteiger partial charge on any atom is 0.253 e. The van der Waals surface area contributed by atoms with E-state index in [2.05, 4.69) is 51.6 Å². The molecule has 3 aromatic rings. The molecule has 1 fully saturated rings. The van der Waals surface area contributed by atoms with E-state index in [1.165, 1.54) is 11.3 Å². The van der Waals surface area contributed by atoms with E-state index in [-0.39, 0.29) is 11.9 Å². The molecule has 4 heteroatoms. The Balaban J connectivity index is 1.35. The van der Waals surface area contributed by atoms with Crippen molar-refractivity contribution < 1.29 is 4.79 Å². The Morgan fingerprint density at radius 3 is 2.33 bits per heavy atom. The minimum Gasteiger partial charge on any atom is -0.371 e. The van der Waals surface area contributed by atoms with Gasteiger partial charge in [0.1, 0.15) is 0 Å². The Morgan fingerprint density at radius 1 is 0.963 bits per heavy atom. The molecule has 138 valence electrons. The predicted octanol–water partition coefficient (Wildman–Crippen LogP) is 4.00. The Hall–Kier alpha value is -3.01. The highest BCUT2D eigenvalue weighted by molar-refractivity contribution is 5.95. The Bertz CT molecular complexity index is 865. The number of para-hydroxylation sites is 1. The molecule has 1 amide bonds. The summed E-state index contributed by atoms with van der Waals surface area (Å²) in [7, 11) is 0. The van der Waals surface area contributed by atoms with Crippen molar-refractivity contribution in [1.82, 2.24) is 10.3 Å². The average Bonchev–Trinajstić information content (AvgIpc) is 3.18. The van der Waals surface area contributed by atoms with Crippen molar-refractivity contribution in [2.75, 3.05) is 18.0 Å². The van der Waals surface area contributed by atoms with Gasteiger partial charge in [-0.05, 0) is 42.5 Å². The number of nitrogens with zero attached hydrogens (tertiary/aromatic N) is 1. The van der Waals surface area contributed by atoms with Gasteiger partial charge < -0.3 is 15.2 Å². The molecule has 2 heterocycles. The summed E-state index contributed by atoms with van der Waals surface area (Å²) in [6.45, 7) is 1.94. The van der Waals surface area contributed by atoms with E-state index < -0.39 is 0 Å². The van der Waals surface area contributed by atoms with Gasteiger partial charge in [-0.15, -0.1) is 0 Å². The second-order valence-corrected chi connectivity index (χ2v) is 7.13. The summed E-state index contributed by atoms with van der Waals surface area (Å²) < 4.78 is 0. The highest BCUT2D eigenvalue weighted by atomic mass is 16.1. The third-order valence-corrected chi connectivity index (χ3v) is 5.26. The van der Waals surface area contributed by atoms with Crippen LogP contribution in [0, 0.1) is 0 Å². The van der Waals surface area contributed by atoms with Crippen molar-refractivity contribution in [2.24, 2.45) is 0 Å². The van der Waals surface area contributed by atoms with Gasteiger partial charge in [-0.3, -0.25) is 4.79 Å². The predicted molar refractivity (Wildman–Crippen MR) is 109 cm³/mol. The maximum absolute atomic E-state index is 12.8. The summed E-state index contributed by atoms with van der Waals surface area (Å²) in [6.07, 6.45) is 6.45. The van der Waals surface area contributed by atoms with Crippen LogP contribution >= 0.6 is 0 Å². The zero-order chi connectivity index (χ0) is 18.5. The van der Waals surface area contributed by atoms with Crippen molar-refractivity contribution in [1.29, 1.82) is 0 Å². The van der Waals surface area contributed by atoms with E-state index in [9.17, 15) is 4.79 Å². The number of hydrogen-bond acceptors (Lipinski definition) is 2. The topological polar surface area (TPSA) is 48.1 Å². The monoisotopic (exact) mass is 359 g/mol. The smallest absolute Gasteiger partial charge is 0.253 e. The number of benzene rings is 2. The fraction of sp³-hybridized carbons (Fsp3) is 0.261. The second kappa shape index (κ2) is 8.12. The van der Waals surface area contributed by atoms with Gasteiger partial charge in [-0.1, -0.05) is 48.5 Å². The van der Waals surface area contributed by atoms with Crippen LogP contribution < -0.4 is 10.2 Å². The molecular formula is C23H25N3O. The van der Waals surface area contributed by atoms with Crippen LogP contribution in [-0.4, -0.2) is 30.0 Å². The first-order valence-corrected chi connectivity index (χ1v) is 9.60. The SMILES string of the molecule is O=C(NC1CCN(c2ccccc2)CC1)c1c[nH]cc1Cc1ccccc1. The van der Waals surface area contributed by atoms with Crippen LogP contribution in [0.5, 0.6) is 0 Å². The minimum atomic E-state index is 0.0281. The molecular weight excluding hydrogens is 334 g/mol. The number of hydrogen-bond donors (Lipinski definition) is 2. The molecule has 0 aliphatic carbocycles. The third kappa shape index (κ3) is 4.22. The number of carbonyl (C=O) groups is 1. The number of carbonyl (C=O) groups excluding carboxylic acids is 1. The van der Waals surface area contributed by atoms with Gasteiger partial charge in [0.2, 0.25) is 0 Å². The summed E-state index contributed by atoms with van der Waals surface area (Å²) in [5, 5.41) is 3.23. The molecule has 0 saturated carbocycles. The quantitative estimate of drug-likeness (QED) is 0.723. The number of aromatic amines is 1. The molecule has 0 atom stereocenters. The van der Waals surface area contributed by atoms with E-state index in [0.29, 0.717) is 0 Å². The molecule has 2 N–H and O–H groups in total. The first-order chi connectivity index (χ1) is 13.3. The lowest BCUT2D eigenvalue weighted by molar-refractivity contribution is 0.0930. The summed E-state index contributed by atoms with van der Waals surface area (Å²) in [6, 6.07) is 21.0. The highest BCUT2D eigenvalue weighted by Gasteiger charge is 2.22. The molecule has 4 rings (SSSR count). The first kappa shape index (κ1) is 17.4. The van der Waals surface area contributed by atoms with Crippen molar-refractivity contribution in [3.63, 3.8) is 0 Å². The average molecular weight is 359 g/mol. The van der Waals surface area contributed by atoms with Gasteiger partial charge >= 0.3 is 0 Å². The van der Waals surface area contributed by atoms with Crippen molar-refractivity contribution in [3.05, 3.63) is 89.7 Å². The molecule has 0 spiro atoms. The van der Waals surface area contributed by atoms with E-state index in [1.807, 2.05) is 36.7 Å². The van der Waals surface area contributed by atoms with Crippen molar-refractivity contribution in [2.45, 2.75) is 25.3 Å². The molecule has 1 aliphatic rings. The summed E-state index contributed by atoms with van der Waals surface area (Å²) in [5.41, 5.74) is 4.27. The van der Waals surface area contributed by atoms with Gasteiger partial charge in [0, 0.05) is 37.2 Å². The van der Waals surface area contributed by atoms with Crippen LogP contribution in [0.3, 0.4) is 0 Å². The molecule has 1 aromatic heterocycles. The van der Waals surface area contributed by atoms with E-state index in [0.717, 1.165) is 43.5 Å². The Labute approximate surface area is 160 Å². The van der Waals surface area contributed by atoms with Crippen molar-refractivity contribution in [3.8, 4) is 0 Å². The van der Waals surface area contributed by atoms with Gasteiger partial charge in [0.25, 0.3) is 5.91 Å². The summed E-state index contributed by atoms with van der Waals surface area (Å²) in [5.74, 6) is 0.0281. The minimum absolute atomic E-state index is 0.0281. The van der Waals surface area contributed by atoms with Gasteiger partial charge in [-0.2, -0.15) is 0 Å². The van der Waals surface area contributed by atoms with Gasteiger partial charge in [-0.25, -0.2) is 0 Å². The molecule has 0 radical (unpaired) electrons. The number of aromatic nitrogens is 1. The summed E-state index contributed by atoms with van der Waals surface area (Å²) >= 11 is 0. The zero-order valence-corrected chi connectivity index (χ0v) is 15.4. The first-order valence-electron chi connectivity index (χ1n) is 9.60. The van der Waals surface area contributed by atoms with Crippen LogP contribution in [0.1, 0.15) is 34.3 Å². The number of amides is 1. The van der Waals surface area contributed by atoms with Crippen LogP contribution in [0.25, 0.3) is 0 Å². The number of rotatable bonds is 5. The number of H-pyrrole nitrogens is 1.